The molecule has 2 aromatic heterocycles. The lowest BCUT2D eigenvalue weighted by Crippen LogP contribution is -2.30. The third kappa shape index (κ3) is 4.10. The molecule has 0 atom stereocenters. The van der Waals surface area contributed by atoms with Crippen molar-refractivity contribution in [3.05, 3.63) is 82.4 Å². The number of hydrogen-bond donors (Lipinski definition) is 1. The zero-order valence-corrected chi connectivity index (χ0v) is 17.7. The van der Waals surface area contributed by atoms with E-state index in [0.29, 0.717) is 21.7 Å². The monoisotopic (exact) mass is 433 g/mol. The summed E-state index contributed by atoms with van der Waals surface area (Å²) in [4.78, 5) is 43.8. The first-order chi connectivity index (χ1) is 15.0. The number of aryl methyl sites for hydroxylation is 1. The van der Waals surface area contributed by atoms with Gasteiger partial charge in [0, 0.05) is 4.88 Å². The second kappa shape index (κ2) is 8.53. The van der Waals surface area contributed by atoms with Crippen LogP contribution in [0.15, 0.2) is 65.5 Å². The molecule has 0 aliphatic carbocycles. The number of hydrogen-bond acceptors (Lipinski definition) is 6. The molecule has 2 aromatic carbocycles. The van der Waals surface area contributed by atoms with Crippen LogP contribution in [0.25, 0.3) is 20.7 Å². The van der Waals surface area contributed by atoms with Gasteiger partial charge in [-0.25, -0.2) is 9.78 Å². The number of benzene rings is 2. The maximum atomic E-state index is 13.1. The second-order valence-electron chi connectivity index (χ2n) is 6.83. The highest BCUT2D eigenvalue weighted by Crippen LogP contribution is 2.30. The van der Waals surface area contributed by atoms with E-state index in [9.17, 15) is 14.4 Å². The van der Waals surface area contributed by atoms with Crippen molar-refractivity contribution in [2.45, 2.75) is 13.5 Å². The summed E-state index contributed by atoms with van der Waals surface area (Å²) < 4.78 is 6.08. The van der Waals surface area contributed by atoms with Crippen LogP contribution in [0.3, 0.4) is 0 Å². The summed E-state index contributed by atoms with van der Waals surface area (Å²) in [5, 5.41) is 3.15. The summed E-state index contributed by atoms with van der Waals surface area (Å²) in [5.41, 5.74) is 1.28. The van der Waals surface area contributed by atoms with Gasteiger partial charge in [-0.15, -0.1) is 11.3 Å². The first-order valence-electron chi connectivity index (χ1n) is 9.51. The lowest BCUT2D eigenvalue weighted by atomic mass is 10.2. The van der Waals surface area contributed by atoms with Gasteiger partial charge in [-0.3, -0.25) is 14.2 Å². The molecular formula is C23H19N3O4S. The number of thiophene rings is 1. The van der Waals surface area contributed by atoms with E-state index >= 15 is 0 Å². The molecule has 0 unspecified atom stereocenters. The Balaban J connectivity index is 1.64. The van der Waals surface area contributed by atoms with E-state index in [0.717, 1.165) is 10.4 Å². The Morgan fingerprint density at radius 2 is 1.81 bits per heavy atom. The van der Waals surface area contributed by atoms with Gasteiger partial charge in [0.1, 0.15) is 17.2 Å². The molecule has 0 radical (unpaired) electrons. The summed E-state index contributed by atoms with van der Waals surface area (Å²) in [5.74, 6) is -0.560. The average Bonchev–Trinajstić information content (AvgIpc) is 3.21. The summed E-state index contributed by atoms with van der Waals surface area (Å²) in [6, 6.07) is 18.1. The average molecular weight is 433 g/mol. The SMILES string of the molecule is COC(=O)c1ccccc1NC(=O)Cn1c(C)nc2sc(-c3ccccc3)cc2c1=O. The number of ether oxygens (including phenoxy) is 1. The number of anilines is 1. The molecule has 1 N–H and O–H groups in total. The highest BCUT2D eigenvalue weighted by molar-refractivity contribution is 7.21. The number of esters is 1. The molecule has 31 heavy (non-hydrogen) atoms. The number of nitrogens with zero attached hydrogens (tertiary/aromatic N) is 2. The van der Waals surface area contributed by atoms with E-state index in [1.54, 1.807) is 31.2 Å². The van der Waals surface area contributed by atoms with E-state index < -0.39 is 11.9 Å². The van der Waals surface area contributed by atoms with Crippen molar-refractivity contribution in [2.75, 3.05) is 12.4 Å². The van der Waals surface area contributed by atoms with E-state index in [4.69, 9.17) is 4.74 Å². The van der Waals surface area contributed by atoms with Gasteiger partial charge in [0.2, 0.25) is 5.91 Å². The molecule has 156 valence electrons. The molecule has 0 fully saturated rings. The van der Waals surface area contributed by atoms with Crippen LogP contribution in [-0.2, 0) is 16.1 Å². The third-order valence-electron chi connectivity index (χ3n) is 4.81. The van der Waals surface area contributed by atoms with Crippen molar-refractivity contribution in [1.82, 2.24) is 9.55 Å². The van der Waals surface area contributed by atoms with Gasteiger partial charge in [0.05, 0.1) is 23.7 Å². The van der Waals surface area contributed by atoms with Gasteiger partial charge in [0.15, 0.2) is 0 Å². The van der Waals surface area contributed by atoms with Crippen LogP contribution >= 0.6 is 11.3 Å². The van der Waals surface area contributed by atoms with Crippen molar-refractivity contribution in [2.24, 2.45) is 0 Å². The van der Waals surface area contributed by atoms with Crippen molar-refractivity contribution < 1.29 is 14.3 Å². The Kier molecular flexibility index (Phi) is 5.64. The Bertz CT molecular complexity index is 1340. The third-order valence-corrected chi connectivity index (χ3v) is 5.89. The van der Waals surface area contributed by atoms with E-state index in [2.05, 4.69) is 10.3 Å². The predicted molar refractivity (Wildman–Crippen MR) is 120 cm³/mol. The Labute approximate surface area is 181 Å². The number of fused-ring (bicyclic) bond motifs is 1. The van der Waals surface area contributed by atoms with Crippen molar-refractivity contribution >= 4 is 39.1 Å². The molecule has 0 saturated carbocycles. The number of carbonyl (C=O) groups excluding carboxylic acids is 2. The first-order valence-corrected chi connectivity index (χ1v) is 10.3. The Morgan fingerprint density at radius 1 is 1.10 bits per heavy atom. The molecule has 8 heteroatoms. The smallest absolute Gasteiger partial charge is 0.339 e. The normalized spacial score (nSPS) is 10.8. The summed E-state index contributed by atoms with van der Waals surface area (Å²) in [6.07, 6.45) is 0. The van der Waals surface area contributed by atoms with Gasteiger partial charge >= 0.3 is 5.97 Å². The number of nitrogens with one attached hydrogen (secondary N) is 1. The number of para-hydroxylation sites is 1. The van der Waals surface area contributed by atoms with Gasteiger partial charge < -0.3 is 10.1 Å². The van der Waals surface area contributed by atoms with Gasteiger partial charge in [-0.05, 0) is 30.7 Å². The molecule has 0 aliphatic rings. The highest BCUT2D eigenvalue weighted by atomic mass is 32.1. The Morgan fingerprint density at radius 3 is 2.55 bits per heavy atom. The Hall–Kier alpha value is -3.78. The molecule has 4 aromatic rings. The van der Waals surface area contributed by atoms with Crippen LogP contribution in [0, 0.1) is 6.92 Å². The molecule has 0 aliphatic heterocycles. The second-order valence-corrected chi connectivity index (χ2v) is 7.86. The van der Waals surface area contributed by atoms with Crippen LogP contribution in [0.1, 0.15) is 16.2 Å². The van der Waals surface area contributed by atoms with Crippen LogP contribution in [0.5, 0.6) is 0 Å². The zero-order valence-electron chi connectivity index (χ0n) is 16.9. The minimum Gasteiger partial charge on any atom is -0.465 e. The maximum Gasteiger partial charge on any atom is 0.339 e. The van der Waals surface area contributed by atoms with Gasteiger partial charge in [-0.1, -0.05) is 42.5 Å². The summed E-state index contributed by atoms with van der Waals surface area (Å²) >= 11 is 1.44. The fourth-order valence-corrected chi connectivity index (χ4v) is 4.33. The molecule has 4 rings (SSSR count). The van der Waals surface area contributed by atoms with Crippen LogP contribution < -0.4 is 10.9 Å². The van der Waals surface area contributed by atoms with Crippen molar-refractivity contribution in [1.29, 1.82) is 0 Å². The molecule has 0 bridgehead atoms. The zero-order chi connectivity index (χ0) is 22.0. The number of aromatic nitrogens is 2. The molecule has 2 heterocycles. The van der Waals surface area contributed by atoms with Gasteiger partial charge in [-0.2, -0.15) is 0 Å². The molecule has 7 nitrogen and oxygen atoms in total. The van der Waals surface area contributed by atoms with E-state index in [1.807, 2.05) is 36.4 Å². The number of methoxy groups -OCH3 is 1. The topological polar surface area (TPSA) is 90.3 Å². The van der Waals surface area contributed by atoms with Gasteiger partial charge in [0.25, 0.3) is 5.56 Å². The fourth-order valence-electron chi connectivity index (χ4n) is 3.26. The van der Waals surface area contributed by atoms with Crippen LogP contribution in [0.4, 0.5) is 5.69 Å². The quantitative estimate of drug-likeness (QED) is 0.483. The summed E-state index contributed by atoms with van der Waals surface area (Å²) in [6.45, 7) is 1.47. The minimum absolute atomic E-state index is 0.223. The van der Waals surface area contributed by atoms with Crippen molar-refractivity contribution in [3.8, 4) is 10.4 Å². The predicted octanol–water partition coefficient (Wildman–Crippen LogP) is 3.86. The lowest BCUT2D eigenvalue weighted by Gasteiger charge is -2.12. The number of rotatable bonds is 5. The lowest BCUT2D eigenvalue weighted by molar-refractivity contribution is -0.116. The van der Waals surface area contributed by atoms with E-state index in [1.165, 1.54) is 23.0 Å². The number of amides is 1. The largest absolute Gasteiger partial charge is 0.465 e. The van der Waals surface area contributed by atoms with Crippen LogP contribution in [0.2, 0.25) is 0 Å². The first kappa shape index (κ1) is 20.5. The van der Waals surface area contributed by atoms with Crippen LogP contribution in [-0.4, -0.2) is 28.5 Å². The highest BCUT2D eigenvalue weighted by Gasteiger charge is 2.17. The number of carbonyl (C=O) groups is 2. The van der Waals surface area contributed by atoms with Crippen molar-refractivity contribution in [3.63, 3.8) is 0 Å². The molecular weight excluding hydrogens is 414 g/mol. The minimum atomic E-state index is -0.556. The van der Waals surface area contributed by atoms with E-state index in [-0.39, 0.29) is 17.7 Å². The maximum absolute atomic E-state index is 13.1. The summed E-state index contributed by atoms with van der Waals surface area (Å²) in [7, 11) is 1.27. The fraction of sp³-hybridized carbons (Fsp3) is 0.130. The standard InChI is InChI=1S/C23H19N3O4S/c1-14-24-21-17(12-19(31-21)15-8-4-3-5-9-15)22(28)26(14)13-20(27)25-18-11-7-6-10-16(18)23(29)30-2/h3-12H,13H2,1-2H3,(H,25,27). The molecule has 0 spiro atoms. The molecule has 0 saturated heterocycles. The molecule has 1 amide bonds.